The van der Waals surface area contributed by atoms with Gasteiger partial charge in [-0.05, 0) is 41.9 Å². The molecule has 0 unspecified atom stereocenters. The van der Waals surface area contributed by atoms with Gasteiger partial charge in [0.1, 0.15) is 0 Å². The average Bonchev–Trinajstić information content (AvgIpc) is 2.55. The van der Waals surface area contributed by atoms with E-state index in [0.29, 0.717) is 6.04 Å². The van der Waals surface area contributed by atoms with Crippen LogP contribution in [0.15, 0.2) is 71.2 Å². The van der Waals surface area contributed by atoms with Gasteiger partial charge in [-0.25, -0.2) is 0 Å². The van der Waals surface area contributed by atoms with Crippen LogP contribution in [0.2, 0.25) is 0 Å². The second-order valence-corrected chi connectivity index (χ2v) is 6.61. The molecule has 0 heterocycles. The van der Waals surface area contributed by atoms with Crippen molar-refractivity contribution in [3.63, 3.8) is 0 Å². The Labute approximate surface area is 140 Å². The highest BCUT2D eigenvalue weighted by atomic mass is 79.9. The number of hydrogen-bond donors (Lipinski definition) is 0. The summed E-state index contributed by atoms with van der Waals surface area (Å²) in [5.41, 5.74) is 2.70. The summed E-state index contributed by atoms with van der Waals surface area (Å²) in [4.78, 5) is 2.39. The van der Waals surface area contributed by atoms with E-state index >= 15 is 0 Å². The van der Waals surface area contributed by atoms with Crippen LogP contribution in [-0.2, 0) is 6.54 Å². The van der Waals surface area contributed by atoms with E-state index < -0.39 is 0 Å². The van der Waals surface area contributed by atoms with E-state index in [-0.39, 0.29) is 0 Å². The molecule has 1 atom stereocenters. The van der Waals surface area contributed by atoms with Gasteiger partial charge in [0.15, 0.2) is 0 Å². The van der Waals surface area contributed by atoms with Gasteiger partial charge in [0.05, 0.1) is 0 Å². The number of nitrogens with zero attached hydrogens (tertiary/aromatic N) is 1. The molecule has 3 aromatic carbocycles. The summed E-state index contributed by atoms with van der Waals surface area (Å²) in [7, 11) is 2.19. The van der Waals surface area contributed by atoms with Crippen molar-refractivity contribution < 1.29 is 0 Å². The Hall–Kier alpha value is -1.64. The lowest BCUT2D eigenvalue weighted by molar-refractivity contribution is 0.254. The molecule has 0 radical (unpaired) electrons. The zero-order chi connectivity index (χ0) is 15.5. The molecule has 0 N–H and O–H groups in total. The van der Waals surface area contributed by atoms with Crippen LogP contribution in [0.25, 0.3) is 10.8 Å². The zero-order valence-electron chi connectivity index (χ0n) is 13.0. The minimum atomic E-state index is 0.359. The monoisotopic (exact) mass is 353 g/mol. The SMILES string of the molecule is C[C@H](c1cccc2ccccc12)N(C)Cc1ccccc1Br. The van der Waals surface area contributed by atoms with Crippen LogP contribution in [0.5, 0.6) is 0 Å². The molecule has 0 fully saturated rings. The highest BCUT2D eigenvalue weighted by molar-refractivity contribution is 9.10. The molecule has 22 heavy (non-hydrogen) atoms. The Kier molecular flexibility index (Phi) is 4.60. The van der Waals surface area contributed by atoms with Crippen LogP contribution in [0.1, 0.15) is 24.1 Å². The first-order valence-corrected chi connectivity index (χ1v) is 8.37. The molecule has 1 nitrogen and oxygen atoms in total. The van der Waals surface area contributed by atoms with Crippen LogP contribution in [0.4, 0.5) is 0 Å². The van der Waals surface area contributed by atoms with E-state index in [2.05, 4.69) is 102 Å². The van der Waals surface area contributed by atoms with Crippen molar-refractivity contribution in [2.75, 3.05) is 7.05 Å². The van der Waals surface area contributed by atoms with Crippen molar-refractivity contribution in [1.29, 1.82) is 0 Å². The van der Waals surface area contributed by atoms with Crippen molar-refractivity contribution in [1.82, 2.24) is 4.90 Å². The van der Waals surface area contributed by atoms with Crippen molar-refractivity contribution >= 4 is 26.7 Å². The van der Waals surface area contributed by atoms with Crippen LogP contribution in [0.3, 0.4) is 0 Å². The molecule has 0 bridgehead atoms. The maximum Gasteiger partial charge on any atom is 0.0326 e. The van der Waals surface area contributed by atoms with Gasteiger partial charge in [-0.2, -0.15) is 0 Å². The molecular formula is C20H20BrN. The summed E-state index contributed by atoms with van der Waals surface area (Å²) in [6.45, 7) is 3.20. The van der Waals surface area contributed by atoms with Crippen molar-refractivity contribution in [3.8, 4) is 0 Å². The Bertz CT molecular complexity index is 776. The van der Waals surface area contributed by atoms with Gasteiger partial charge < -0.3 is 0 Å². The molecule has 0 amide bonds. The highest BCUT2D eigenvalue weighted by Gasteiger charge is 2.15. The summed E-state index contributed by atoms with van der Waals surface area (Å²) in [6.07, 6.45) is 0. The molecule has 0 saturated heterocycles. The van der Waals surface area contributed by atoms with Crippen LogP contribution in [0, 0.1) is 0 Å². The summed E-state index contributed by atoms with van der Waals surface area (Å²) in [5.74, 6) is 0. The van der Waals surface area contributed by atoms with Crippen LogP contribution in [-0.4, -0.2) is 11.9 Å². The third-order valence-electron chi connectivity index (χ3n) is 4.31. The standard InChI is InChI=1S/C20H20BrN/c1-15(22(2)14-17-9-4-6-13-20(17)21)18-12-7-10-16-8-3-5-11-19(16)18/h3-13,15H,14H2,1-2H3/t15-/m1/s1. The number of rotatable bonds is 4. The summed E-state index contributed by atoms with van der Waals surface area (Å²) < 4.78 is 1.17. The van der Waals surface area contributed by atoms with E-state index in [9.17, 15) is 0 Å². The van der Waals surface area contributed by atoms with E-state index in [4.69, 9.17) is 0 Å². The van der Waals surface area contributed by atoms with E-state index in [1.165, 1.54) is 26.4 Å². The van der Waals surface area contributed by atoms with Gasteiger partial charge in [-0.3, -0.25) is 4.90 Å². The second kappa shape index (κ2) is 6.64. The second-order valence-electron chi connectivity index (χ2n) is 5.75. The van der Waals surface area contributed by atoms with Gasteiger partial charge in [0, 0.05) is 17.1 Å². The smallest absolute Gasteiger partial charge is 0.0326 e. The lowest BCUT2D eigenvalue weighted by Crippen LogP contribution is -2.22. The van der Waals surface area contributed by atoms with Gasteiger partial charge in [0.25, 0.3) is 0 Å². The largest absolute Gasteiger partial charge is 0.295 e. The molecule has 2 heteroatoms. The number of hydrogen-bond acceptors (Lipinski definition) is 1. The lowest BCUT2D eigenvalue weighted by atomic mass is 9.98. The Morgan fingerprint density at radius 2 is 1.59 bits per heavy atom. The average molecular weight is 354 g/mol. The normalized spacial score (nSPS) is 12.7. The van der Waals surface area contributed by atoms with Crippen LogP contribution >= 0.6 is 15.9 Å². The molecule has 0 aliphatic rings. The number of fused-ring (bicyclic) bond motifs is 1. The van der Waals surface area contributed by atoms with Crippen molar-refractivity contribution in [2.24, 2.45) is 0 Å². The summed E-state index contributed by atoms with van der Waals surface area (Å²) in [5, 5.41) is 2.65. The van der Waals surface area contributed by atoms with Crippen molar-refractivity contribution in [3.05, 3.63) is 82.3 Å². The third kappa shape index (κ3) is 3.08. The molecule has 3 aromatic rings. The fourth-order valence-corrected chi connectivity index (χ4v) is 3.29. The molecule has 0 saturated carbocycles. The van der Waals surface area contributed by atoms with Crippen LogP contribution < -0.4 is 0 Å². The number of halogens is 1. The molecular weight excluding hydrogens is 334 g/mol. The van der Waals surface area contributed by atoms with Gasteiger partial charge in [-0.1, -0.05) is 76.6 Å². The predicted octanol–water partition coefficient (Wildman–Crippen LogP) is 5.80. The molecule has 0 aliphatic heterocycles. The molecule has 0 aliphatic carbocycles. The predicted molar refractivity (Wildman–Crippen MR) is 98.0 cm³/mol. The Morgan fingerprint density at radius 3 is 2.41 bits per heavy atom. The first-order chi connectivity index (χ1) is 10.7. The molecule has 3 rings (SSSR count). The third-order valence-corrected chi connectivity index (χ3v) is 5.09. The van der Waals surface area contributed by atoms with E-state index in [0.717, 1.165) is 6.54 Å². The quantitative estimate of drug-likeness (QED) is 0.573. The topological polar surface area (TPSA) is 3.24 Å². The Balaban J connectivity index is 1.89. The number of benzene rings is 3. The lowest BCUT2D eigenvalue weighted by Gasteiger charge is -2.26. The maximum atomic E-state index is 3.64. The first kappa shape index (κ1) is 15.3. The maximum absolute atomic E-state index is 3.64. The fraction of sp³-hybridized carbons (Fsp3) is 0.200. The zero-order valence-corrected chi connectivity index (χ0v) is 14.5. The van der Waals surface area contributed by atoms with Crippen molar-refractivity contribution in [2.45, 2.75) is 19.5 Å². The first-order valence-electron chi connectivity index (χ1n) is 7.58. The fourth-order valence-electron chi connectivity index (χ4n) is 2.88. The molecule has 0 aromatic heterocycles. The minimum Gasteiger partial charge on any atom is -0.295 e. The van der Waals surface area contributed by atoms with Gasteiger partial charge in [0.2, 0.25) is 0 Å². The molecule has 0 spiro atoms. The van der Waals surface area contributed by atoms with Gasteiger partial charge >= 0.3 is 0 Å². The minimum absolute atomic E-state index is 0.359. The van der Waals surface area contributed by atoms with E-state index in [1.54, 1.807) is 0 Å². The summed E-state index contributed by atoms with van der Waals surface area (Å²) >= 11 is 3.64. The van der Waals surface area contributed by atoms with Gasteiger partial charge in [-0.15, -0.1) is 0 Å². The Morgan fingerprint density at radius 1 is 0.909 bits per heavy atom. The molecule has 112 valence electrons. The summed E-state index contributed by atoms with van der Waals surface area (Å²) in [6, 6.07) is 24.0. The highest BCUT2D eigenvalue weighted by Crippen LogP contribution is 2.29. The van der Waals surface area contributed by atoms with E-state index in [1.807, 2.05) is 0 Å².